The highest BCUT2D eigenvalue weighted by atomic mass is 16.5. The number of hydrogen-bond donors (Lipinski definition) is 2. The molecule has 0 atom stereocenters. The lowest BCUT2D eigenvalue weighted by molar-refractivity contribution is 0.0892. The van der Waals surface area contributed by atoms with E-state index >= 15 is 9.59 Å². The Morgan fingerprint density at radius 3 is 1.12 bits per heavy atom. The van der Waals surface area contributed by atoms with Crippen molar-refractivity contribution in [2.75, 3.05) is 4.90 Å². The molecule has 120 heavy (non-hydrogen) atoms. The maximum Gasteiger partial charge on any atom is 0.266 e. The first-order valence-electron chi connectivity index (χ1n) is 41.9. The molecular formula is C111H101N5O4. The lowest BCUT2D eigenvalue weighted by atomic mass is 9.79. The molecule has 15 aromatic rings. The van der Waals surface area contributed by atoms with Gasteiger partial charge in [-0.05, 0) is 293 Å². The molecule has 0 saturated carbocycles. The van der Waals surface area contributed by atoms with Crippen molar-refractivity contribution in [2.45, 2.75) is 167 Å². The van der Waals surface area contributed by atoms with Crippen LogP contribution in [0.5, 0.6) is 23.0 Å². The Morgan fingerprint density at radius 2 is 0.717 bits per heavy atom. The summed E-state index contributed by atoms with van der Waals surface area (Å²) >= 11 is 0. The number of hydrogen-bond acceptors (Lipinski definition) is 6. The fourth-order valence-electron chi connectivity index (χ4n) is 19.1. The zero-order valence-electron chi connectivity index (χ0n) is 72.8. The highest BCUT2D eigenvalue weighted by Crippen LogP contribution is 2.54. The van der Waals surface area contributed by atoms with E-state index in [0.29, 0.717) is 50.6 Å². The first-order chi connectivity index (χ1) is 57.0. The maximum atomic E-state index is 16.2. The van der Waals surface area contributed by atoms with Crippen molar-refractivity contribution >= 4 is 107 Å². The number of anilines is 1. The summed E-state index contributed by atoms with van der Waals surface area (Å²) in [6.45, 7) is 45.8. The Labute approximate surface area is 704 Å². The minimum absolute atomic E-state index is 0.118. The molecular weight excluding hydrogens is 1470 g/mol. The van der Waals surface area contributed by atoms with Gasteiger partial charge in [-0.25, -0.2) is 14.9 Å². The van der Waals surface area contributed by atoms with Crippen LogP contribution >= 0.6 is 0 Å². The van der Waals surface area contributed by atoms with Crippen molar-refractivity contribution in [3.63, 3.8) is 0 Å². The highest BCUT2D eigenvalue weighted by molar-refractivity contribution is 6.44. The van der Waals surface area contributed by atoms with Crippen LogP contribution in [0.2, 0.25) is 0 Å². The average molecular weight is 1570 g/mol. The number of ether oxygens (including phenoxy) is 2. The van der Waals surface area contributed by atoms with Crippen LogP contribution in [-0.4, -0.2) is 31.8 Å². The summed E-state index contributed by atoms with van der Waals surface area (Å²) in [5.74, 6) is 8.63. The number of aromatic amines is 2. The molecule has 18 rings (SSSR count). The number of carbonyl (C=O) groups excluding carboxylic acids is 2. The fourth-order valence-corrected chi connectivity index (χ4v) is 19.1. The summed E-state index contributed by atoms with van der Waals surface area (Å²) in [6.07, 6.45) is 8.75. The lowest BCUT2D eigenvalue weighted by Gasteiger charge is -2.34. The Morgan fingerprint density at radius 1 is 0.333 bits per heavy atom. The third-order valence-corrected chi connectivity index (χ3v) is 24.6. The molecule has 594 valence electrons. The van der Waals surface area contributed by atoms with Crippen molar-refractivity contribution in [3.05, 3.63) is 311 Å². The zero-order chi connectivity index (χ0) is 84.4. The molecule has 0 saturated heterocycles. The van der Waals surface area contributed by atoms with E-state index < -0.39 is 17.2 Å². The molecule has 12 aromatic carbocycles. The van der Waals surface area contributed by atoms with Crippen LogP contribution in [0, 0.1) is 74.2 Å². The number of nitrogens with one attached hydrogen (secondary N) is 2. The Bertz CT molecular complexity index is 6980. The molecule has 0 unspecified atom stereocenters. The number of nitrogens with zero attached hydrogens (tertiary/aromatic N) is 3. The van der Waals surface area contributed by atoms with Gasteiger partial charge < -0.3 is 19.4 Å². The number of aryl methyl sites for hydroxylation is 9. The maximum absolute atomic E-state index is 16.2. The molecule has 0 radical (unpaired) electrons. The van der Waals surface area contributed by atoms with E-state index in [1.807, 2.05) is 42.5 Å². The van der Waals surface area contributed by atoms with Gasteiger partial charge in [0, 0.05) is 77.0 Å². The van der Waals surface area contributed by atoms with Gasteiger partial charge in [-0.2, -0.15) is 0 Å². The van der Waals surface area contributed by atoms with E-state index in [-0.39, 0.29) is 16.2 Å². The van der Waals surface area contributed by atoms with Gasteiger partial charge in [-0.3, -0.25) is 9.59 Å². The van der Waals surface area contributed by atoms with Crippen LogP contribution in [0.25, 0.3) is 134 Å². The Hall–Kier alpha value is -13.2. The minimum Gasteiger partial charge on any atom is -0.457 e. The second kappa shape index (κ2) is 28.6. The van der Waals surface area contributed by atoms with E-state index in [2.05, 4.69) is 343 Å². The number of fused-ring (bicyclic) bond motifs is 10. The molecule has 9 heteroatoms. The summed E-state index contributed by atoms with van der Waals surface area (Å²) < 4.78 is 14.6. The average Bonchev–Trinajstić information content (AvgIpc) is 0.816. The standard InChI is InChI=1S/C111H101N5O4/c1-60-51-63(4)94(64(5)52-60)102-85-45-43-83(112-85)97(84-44-46-86(113-84)103(95-65(6)53-61(2)54-66(95)7)88-48-50-90(115-88)104(89-49-47-87(102)114-89)96-67(8)55-62(3)56-68(96)9)71-29-26-69(27-30-71)25-28-70-31-41-79-98-77(70)23-22-24-78(98)100-92(119-75-37-32-72(33-38-75)108(10,11)12)58-80-99-81(59-93(101(79)105(99)100)120-76-39-34-73(35-40-76)109(13,14)15)107(118)116(106(80)117)91-57-74(110(16,17)18)36-42-82(91)111(19,20)21/h22-24,26-27,29-59,112,115H,1-21H3. The molecule has 0 spiro atoms. The van der Waals surface area contributed by atoms with Gasteiger partial charge in [0.25, 0.3) is 11.8 Å². The molecule has 0 aliphatic carbocycles. The van der Waals surface area contributed by atoms with Crippen molar-refractivity contribution in [3.8, 4) is 79.3 Å². The topological polar surface area (TPSA) is 113 Å². The minimum atomic E-state index is -0.448. The molecule has 3 aliphatic rings. The van der Waals surface area contributed by atoms with Crippen LogP contribution in [0.1, 0.15) is 210 Å². The normalized spacial score (nSPS) is 13.1. The third kappa shape index (κ3) is 13.5. The van der Waals surface area contributed by atoms with Gasteiger partial charge >= 0.3 is 0 Å². The van der Waals surface area contributed by atoms with Crippen molar-refractivity contribution < 1.29 is 19.1 Å². The number of imide groups is 1. The van der Waals surface area contributed by atoms with E-state index in [9.17, 15) is 0 Å². The first-order valence-corrected chi connectivity index (χ1v) is 41.9. The molecule has 2 amide bonds. The summed E-state index contributed by atoms with van der Waals surface area (Å²) in [4.78, 5) is 53.4. The number of aromatic nitrogens is 4. The lowest BCUT2D eigenvalue weighted by Crippen LogP contribution is -2.42. The largest absolute Gasteiger partial charge is 0.457 e. The van der Waals surface area contributed by atoms with Crippen molar-refractivity contribution in [1.82, 2.24) is 19.9 Å². The van der Waals surface area contributed by atoms with Gasteiger partial charge in [0.1, 0.15) is 23.0 Å². The van der Waals surface area contributed by atoms with Crippen LogP contribution in [0.15, 0.2) is 194 Å². The monoisotopic (exact) mass is 1570 g/mol. The summed E-state index contributed by atoms with van der Waals surface area (Å²) in [6, 6.07) is 68.1. The number of rotatable bonds is 9. The van der Waals surface area contributed by atoms with Crippen LogP contribution < -0.4 is 14.4 Å². The number of benzene rings is 12. The SMILES string of the molecule is Cc1cc(C)c(-c2c3nc(c(-c4c(C)cc(C)cc4C)c4ccc([nH]4)c(-c4c(C)cc(C)cc4C)c4nc(c(-c5ccc(C#Cc6ccc7c8c(Oc9ccc(C(C)(C)C)cc9)cc9c%10c(cc(Oc%11ccc(C(C)(C)C)cc%11)c(c%11cccc6c%117)c%108)C(=O)N(c6cc(C(C)(C)C)ccc6C(C)(C)C)C9=O)cc5)c5ccc2[nH]5)C=C4)C=C3)c(C)c1. The van der Waals surface area contributed by atoms with Crippen LogP contribution in [0.3, 0.4) is 0 Å². The summed E-state index contributed by atoms with van der Waals surface area (Å²) in [5.41, 5.74) is 32.3. The highest BCUT2D eigenvalue weighted by Gasteiger charge is 2.41. The number of H-pyrrole nitrogens is 2. The molecule has 9 nitrogen and oxygen atoms in total. The van der Waals surface area contributed by atoms with Gasteiger partial charge in [0.15, 0.2) is 0 Å². The molecule has 6 heterocycles. The second-order valence-electron chi connectivity index (χ2n) is 37.8. The summed E-state index contributed by atoms with van der Waals surface area (Å²) in [7, 11) is 0. The number of amides is 2. The molecule has 3 aliphatic heterocycles. The van der Waals surface area contributed by atoms with E-state index in [0.717, 1.165) is 155 Å². The summed E-state index contributed by atoms with van der Waals surface area (Å²) in [5, 5.41) is 6.34. The Balaban J connectivity index is 0.842. The molecule has 8 bridgehead atoms. The van der Waals surface area contributed by atoms with E-state index in [1.165, 1.54) is 55.0 Å². The quantitative estimate of drug-likeness (QED) is 0.0644. The fraction of sp³-hybridized carbons (Fsp3) is 0.225. The first kappa shape index (κ1) is 78.0. The Kier molecular flexibility index (Phi) is 18.6. The predicted molar refractivity (Wildman–Crippen MR) is 502 cm³/mol. The molecule has 3 aromatic heterocycles. The van der Waals surface area contributed by atoms with Gasteiger partial charge in [0.05, 0.1) is 39.6 Å². The van der Waals surface area contributed by atoms with Crippen LogP contribution in [-0.2, 0) is 21.7 Å². The van der Waals surface area contributed by atoms with Gasteiger partial charge in [-0.15, -0.1) is 0 Å². The zero-order valence-corrected chi connectivity index (χ0v) is 72.8. The predicted octanol–water partition coefficient (Wildman–Crippen LogP) is 29.1. The molecule has 0 fully saturated rings. The second-order valence-corrected chi connectivity index (χ2v) is 37.8. The molecule has 2 N–H and O–H groups in total. The number of carbonyl (C=O) groups is 2. The van der Waals surface area contributed by atoms with Gasteiger partial charge in [-0.1, -0.05) is 221 Å². The van der Waals surface area contributed by atoms with E-state index in [4.69, 9.17) is 19.4 Å². The van der Waals surface area contributed by atoms with E-state index in [1.54, 1.807) is 0 Å². The third-order valence-electron chi connectivity index (χ3n) is 24.6. The van der Waals surface area contributed by atoms with Crippen molar-refractivity contribution in [1.29, 1.82) is 0 Å². The smallest absolute Gasteiger partial charge is 0.266 e. The van der Waals surface area contributed by atoms with Gasteiger partial charge in [0.2, 0.25) is 0 Å². The van der Waals surface area contributed by atoms with Crippen molar-refractivity contribution in [2.24, 2.45) is 0 Å². The van der Waals surface area contributed by atoms with Crippen LogP contribution in [0.4, 0.5) is 5.69 Å².